The molecular formula is C4H5BrN2. The summed E-state index contributed by atoms with van der Waals surface area (Å²) in [7, 11) is 0. The van der Waals surface area contributed by atoms with Crippen molar-refractivity contribution in [3.05, 3.63) is 12.2 Å². The third-order valence-corrected chi connectivity index (χ3v) is 1.15. The average Bonchev–Trinajstić information content (AvgIpc) is 1.69. The van der Waals surface area contributed by atoms with Crippen LogP contribution < -0.4 is 5.43 Å². The first kappa shape index (κ1) is 4.84. The fourth-order valence-electron chi connectivity index (χ4n) is 0.348. The second-order valence-electron chi connectivity index (χ2n) is 1.19. The quantitative estimate of drug-likeness (QED) is 0.413. The Balaban J connectivity index is 2.49. The molecule has 3 heteroatoms. The predicted molar refractivity (Wildman–Crippen MR) is 33.5 cm³/mol. The molecule has 1 heterocycles. The average molecular weight is 161 g/mol. The molecule has 0 spiro atoms. The van der Waals surface area contributed by atoms with Gasteiger partial charge >= 0.3 is 0 Å². The molecule has 1 unspecified atom stereocenters. The lowest BCUT2D eigenvalue weighted by molar-refractivity contribution is 0.790. The SMILES string of the molecule is BrC1C=CC=NN1. The third-order valence-electron chi connectivity index (χ3n) is 0.639. The minimum absolute atomic E-state index is 0.220. The number of hydrogen-bond acceptors (Lipinski definition) is 2. The van der Waals surface area contributed by atoms with Gasteiger partial charge in [0.15, 0.2) is 0 Å². The molecule has 7 heavy (non-hydrogen) atoms. The molecule has 0 bridgehead atoms. The molecule has 0 aromatic heterocycles. The fourth-order valence-corrected chi connectivity index (χ4v) is 0.642. The number of alkyl halides is 1. The molecule has 1 rings (SSSR count). The van der Waals surface area contributed by atoms with Crippen LogP contribution in [0.25, 0.3) is 0 Å². The lowest BCUT2D eigenvalue weighted by atomic mass is 10.5. The lowest BCUT2D eigenvalue weighted by Gasteiger charge is -2.04. The van der Waals surface area contributed by atoms with E-state index in [9.17, 15) is 0 Å². The van der Waals surface area contributed by atoms with Crippen LogP contribution in [0.3, 0.4) is 0 Å². The van der Waals surface area contributed by atoms with Crippen LogP contribution in [0.5, 0.6) is 0 Å². The molecule has 1 atom stereocenters. The molecule has 0 saturated heterocycles. The van der Waals surface area contributed by atoms with E-state index in [0.717, 1.165) is 0 Å². The Bertz CT molecular complexity index is 108. The molecule has 0 aromatic rings. The van der Waals surface area contributed by atoms with Crippen LogP contribution in [0.2, 0.25) is 0 Å². The van der Waals surface area contributed by atoms with Gasteiger partial charge < -0.3 is 0 Å². The van der Waals surface area contributed by atoms with Gasteiger partial charge in [0, 0.05) is 6.21 Å². The maximum absolute atomic E-state index is 3.75. The summed E-state index contributed by atoms with van der Waals surface area (Å²) in [6.45, 7) is 0. The third kappa shape index (κ3) is 1.31. The molecule has 1 aliphatic rings. The maximum Gasteiger partial charge on any atom is 0.117 e. The van der Waals surface area contributed by atoms with E-state index < -0.39 is 0 Å². The van der Waals surface area contributed by atoms with Gasteiger partial charge in [-0.2, -0.15) is 5.10 Å². The smallest absolute Gasteiger partial charge is 0.117 e. The summed E-state index contributed by atoms with van der Waals surface area (Å²) in [6, 6.07) is 0. The second-order valence-corrected chi connectivity index (χ2v) is 2.18. The first-order valence-corrected chi connectivity index (χ1v) is 2.90. The Hall–Kier alpha value is -0.310. The molecular weight excluding hydrogens is 156 g/mol. The van der Waals surface area contributed by atoms with Gasteiger partial charge in [-0.05, 0) is 12.2 Å². The van der Waals surface area contributed by atoms with Crippen LogP contribution >= 0.6 is 15.9 Å². The van der Waals surface area contributed by atoms with Crippen molar-refractivity contribution < 1.29 is 0 Å². The van der Waals surface area contributed by atoms with E-state index in [2.05, 4.69) is 26.5 Å². The van der Waals surface area contributed by atoms with Crippen molar-refractivity contribution in [2.24, 2.45) is 5.10 Å². The van der Waals surface area contributed by atoms with Gasteiger partial charge in [0.05, 0.1) is 0 Å². The zero-order valence-corrected chi connectivity index (χ0v) is 5.22. The van der Waals surface area contributed by atoms with Gasteiger partial charge in [-0.1, -0.05) is 15.9 Å². The highest BCUT2D eigenvalue weighted by molar-refractivity contribution is 9.09. The summed E-state index contributed by atoms with van der Waals surface area (Å²) < 4.78 is 0. The Morgan fingerprint density at radius 1 is 1.71 bits per heavy atom. The topological polar surface area (TPSA) is 24.4 Å². The summed E-state index contributed by atoms with van der Waals surface area (Å²) in [6.07, 6.45) is 5.56. The first-order valence-electron chi connectivity index (χ1n) is 1.99. The number of halogens is 1. The van der Waals surface area contributed by atoms with Crippen molar-refractivity contribution in [2.45, 2.75) is 4.95 Å². The first-order chi connectivity index (χ1) is 3.39. The van der Waals surface area contributed by atoms with Gasteiger partial charge in [-0.3, -0.25) is 5.43 Å². The molecule has 38 valence electrons. The van der Waals surface area contributed by atoms with Crippen LogP contribution in [0.4, 0.5) is 0 Å². The molecule has 1 N–H and O–H groups in total. The Labute approximate surface area is 50.4 Å². The summed E-state index contributed by atoms with van der Waals surface area (Å²) in [5.41, 5.74) is 2.78. The standard InChI is InChI=1S/C4H5BrN2/c5-4-2-1-3-6-7-4/h1-4,7H. The van der Waals surface area contributed by atoms with Gasteiger partial charge in [0.1, 0.15) is 4.95 Å². The van der Waals surface area contributed by atoms with E-state index >= 15 is 0 Å². The maximum atomic E-state index is 3.75. The molecule has 0 amide bonds. The summed E-state index contributed by atoms with van der Waals surface area (Å²) >= 11 is 3.28. The normalized spacial score (nSPS) is 27.3. The minimum Gasteiger partial charge on any atom is -0.292 e. The second kappa shape index (κ2) is 2.12. The Morgan fingerprint density at radius 2 is 2.57 bits per heavy atom. The van der Waals surface area contributed by atoms with Crippen molar-refractivity contribution in [1.29, 1.82) is 0 Å². The number of rotatable bonds is 0. The van der Waals surface area contributed by atoms with E-state index in [1.807, 2.05) is 12.2 Å². The molecule has 2 nitrogen and oxygen atoms in total. The molecule has 0 aromatic carbocycles. The highest BCUT2D eigenvalue weighted by atomic mass is 79.9. The predicted octanol–water partition coefficient (Wildman–Crippen LogP) is 0.853. The monoisotopic (exact) mass is 160 g/mol. The van der Waals surface area contributed by atoms with E-state index in [1.54, 1.807) is 6.21 Å². The zero-order chi connectivity index (χ0) is 5.11. The van der Waals surface area contributed by atoms with Gasteiger partial charge in [-0.15, -0.1) is 0 Å². The molecule has 0 fully saturated rings. The van der Waals surface area contributed by atoms with Crippen LogP contribution in [-0.2, 0) is 0 Å². The van der Waals surface area contributed by atoms with Gasteiger partial charge in [0.2, 0.25) is 0 Å². The fraction of sp³-hybridized carbons (Fsp3) is 0.250. The molecule has 1 aliphatic heterocycles. The van der Waals surface area contributed by atoms with Gasteiger partial charge in [-0.25, -0.2) is 0 Å². The highest BCUT2D eigenvalue weighted by Crippen LogP contribution is 1.97. The van der Waals surface area contributed by atoms with Crippen molar-refractivity contribution >= 4 is 22.1 Å². The van der Waals surface area contributed by atoms with Crippen LogP contribution in [0, 0.1) is 0 Å². The van der Waals surface area contributed by atoms with Crippen LogP contribution in [0.1, 0.15) is 0 Å². The highest BCUT2D eigenvalue weighted by Gasteiger charge is 1.93. The number of nitrogens with zero attached hydrogens (tertiary/aromatic N) is 1. The molecule has 0 aliphatic carbocycles. The zero-order valence-electron chi connectivity index (χ0n) is 3.63. The number of hydrogen-bond donors (Lipinski definition) is 1. The minimum atomic E-state index is 0.220. The van der Waals surface area contributed by atoms with Crippen molar-refractivity contribution in [3.8, 4) is 0 Å². The summed E-state index contributed by atoms with van der Waals surface area (Å²) in [5, 5.41) is 3.75. The molecule has 0 saturated carbocycles. The Kier molecular flexibility index (Phi) is 1.46. The lowest BCUT2D eigenvalue weighted by Crippen LogP contribution is -2.16. The summed E-state index contributed by atoms with van der Waals surface area (Å²) in [5.74, 6) is 0. The van der Waals surface area contributed by atoms with E-state index in [4.69, 9.17) is 0 Å². The van der Waals surface area contributed by atoms with Crippen LogP contribution in [-0.4, -0.2) is 11.2 Å². The van der Waals surface area contributed by atoms with Crippen molar-refractivity contribution in [1.82, 2.24) is 5.43 Å². The largest absolute Gasteiger partial charge is 0.292 e. The number of nitrogens with one attached hydrogen (secondary N) is 1. The van der Waals surface area contributed by atoms with Crippen molar-refractivity contribution in [3.63, 3.8) is 0 Å². The van der Waals surface area contributed by atoms with E-state index in [1.165, 1.54) is 0 Å². The number of allylic oxidation sites excluding steroid dienone is 1. The molecule has 0 radical (unpaired) electrons. The summed E-state index contributed by atoms with van der Waals surface area (Å²) in [4.78, 5) is 0.220. The Morgan fingerprint density at radius 3 is 2.86 bits per heavy atom. The number of hydrazone groups is 1. The van der Waals surface area contributed by atoms with E-state index in [0.29, 0.717) is 0 Å². The van der Waals surface area contributed by atoms with E-state index in [-0.39, 0.29) is 4.95 Å². The van der Waals surface area contributed by atoms with Crippen LogP contribution in [0.15, 0.2) is 17.3 Å². The van der Waals surface area contributed by atoms with Crippen molar-refractivity contribution in [2.75, 3.05) is 0 Å². The van der Waals surface area contributed by atoms with Gasteiger partial charge in [0.25, 0.3) is 0 Å².